The molecule has 0 spiro atoms. The quantitative estimate of drug-likeness (QED) is 0.0275. The summed E-state index contributed by atoms with van der Waals surface area (Å²) in [5, 5.41) is 20.7. The number of nitrogen functional groups attached to an aromatic ring is 1. The first kappa shape index (κ1) is 42.6. The van der Waals surface area contributed by atoms with E-state index in [1.807, 2.05) is 0 Å². The Morgan fingerprint density at radius 3 is 2.16 bits per heavy atom. The van der Waals surface area contributed by atoms with E-state index in [4.69, 9.17) is 15.6 Å². The minimum Gasteiger partial charge on any atom is -0.478 e. The largest absolute Gasteiger partial charge is 0.478 e. The van der Waals surface area contributed by atoms with Gasteiger partial charge in [-0.2, -0.15) is 21.1 Å². The van der Waals surface area contributed by atoms with Crippen LogP contribution in [0.1, 0.15) is 42.5 Å². The van der Waals surface area contributed by atoms with Gasteiger partial charge in [-0.1, -0.05) is 24.6 Å². The number of hydrogen-bond donors (Lipinski definition) is 6. The van der Waals surface area contributed by atoms with Crippen molar-refractivity contribution in [1.29, 1.82) is 5.41 Å². The molecular weight excluding hydrogens is 811 g/mol. The predicted molar refractivity (Wildman–Crippen MR) is 202 cm³/mol. The first-order valence-electron chi connectivity index (χ1n) is 17.1. The lowest BCUT2D eigenvalue weighted by atomic mass is 9.90. The molecule has 0 radical (unpaired) electrons. The smallest absolute Gasteiger partial charge is 0.336 e. The van der Waals surface area contributed by atoms with Crippen molar-refractivity contribution >= 4 is 70.6 Å². The number of rotatable bonds is 18. The zero-order chi connectivity index (χ0) is 41.9. The zero-order valence-electron chi connectivity index (χ0n) is 29.9. The highest BCUT2D eigenvalue weighted by atomic mass is 32.2. The molecule has 0 bridgehead atoms. The zero-order valence-corrected chi connectivity index (χ0v) is 32.3. The summed E-state index contributed by atoms with van der Waals surface area (Å²) >= 11 is 0. The first-order valence-corrected chi connectivity index (χ1v) is 21.6. The summed E-state index contributed by atoms with van der Waals surface area (Å²) in [4.78, 5) is 47.3. The highest BCUT2D eigenvalue weighted by Gasteiger charge is 2.35. The monoisotopic (exact) mass is 847 g/mol. The number of nitrogens with zero attached hydrogens (tertiary/aromatic N) is 2. The van der Waals surface area contributed by atoms with Crippen LogP contribution in [0.3, 0.4) is 0 Å². The molecule has 304 valence electrons. The van der Waals surface area contributed by atoms with Gasteiger partial charge >= 0.3 is 5.97 Å². The number of aromatic carboxylic acids is 1. The summed E-state index contributed by atoms with van der Waals surface area (Å²) in [5.74, 6) is -4.21. The minimum absolute atomic E-state index is 0.00160. The third-order valence-electron chi connectivity index (χ3n) is 8.96. The van der Waals surface area contributed by atoms with Gasteiger partial charge < -0.3 is 20.6 Å². The van der Waals surface area contributed by atoms with Crippen molar-refractivity contribution in [2.24, 2.45) is 0 Å². The second-order valence-electron chi connectivity index (χ2n) is 12.8. The fraction of sp³-hybridized carbons (Fsp3) is 0.286. The van der Waals surface area contributed by atoms with Crippen LogP contribution in [0.4, 0.5) is 5.69 Å². The molecule has 2 aliphatic heterocycles. The number of amides is 3. The van der Waals surface area contributed by atoms with E-state index in [0.717, 1.165) is 33.5 Å². The lowest BCUT2D eigenvalue weighted by molar-refractivity contribution is -0.137. The van der Waals surface area contributed by atoms with Crippen molar-refractivity contribution in [3.05, 3.63) is 71.6 Å². The molecule has 2 aromatic carbocycles. The maximum Gasteiger partial charge on any atom is 0.336 e. The van der Waals surface area contributed by atoms with Crippen LogP contribution in [0, 0.1) is 5.41 Å². The summed E-state index contributed by atoms with van der Waals surface area (Å²) in [5.41, 5.74) is 4.43. The van der Waals surface area contributed by atoms with Gasteiger partial charge in [0.1, 0.15) is 0 Å². The van der Waals surface area contributed by atoms with Gasteiger partial charge in [0.25, 0.3) is 32.1 Å². The normalized spacial score (nSPS) is 13.6. The predicted octanol–water partition coefficient (Wildman–Crippen LogP) is 2.08. The Kier molecular flexibility index (Phi) is 12.6. The molecule has 2 aromatic rings. The van der Waals surface area contributed by atoms with Crippen LogP contribution >= 0.6 is 0 Å². The average molecular weight is 848 g/mol. The Morgan fingerprint density at radius 2 is 1.51 bits per heavy atom. The number of nitrogens with one attached hydrogen (secondary N) is 2. The first-order chi connectivity index (χ1) is 26.7. The molecule has 0 fully saturated rings. The minimum atomic E-state index is -5.17. The Balaban J connectivity index is 1.52. The average Bonchev–Trinajstić information content (AvgIpc) is 3.44. The lowest BCUT2D eigenvalue weighted by Gasteiger charge is -2.25. The maximum absolute atomic E-state index is 14.6. The molecule has 0 unspecified atom stereocenters. The highest BCUT2D eigenvalue weighted by Crippen LogP contribution is 2.46. The van der Waals surface area contributed by atoms with Crippen LogP contribution in [0.5, 0.6) is 0 Å². The summed E-state index contributed by atoms with van der Waals surface area (Å²) in [7, 11) is -14.6. The number of carboxylic acids is 1. The Hall–Kier alpha value is -5.52. The fourth-order valence-corrected chi connectivity index (χ4v) is 9.36. The van der Waals surface area contributed by atoms with Crippen molar-refractivity contribution in [3.8, 4) is 22.5 Å². The number of sulfonamides is 1. The number of unbranched alkanes of at least 4 members (excludes halogenated alkanes) is 2. The second kappa shape index (κ2) is 16.9. The summed E-state index contributed by atoms with van der Waals surface area (Å²) in [6.45, 7) is -0.796. The molecule has 3 amide bonds. The van der Waals surface area contributed by atoms with Crippen LogP contribution in [-0.4, -0.2) is 104 Å². The molecule has 1 aliphatic carbocycles. The van der Waals surface area contributed by atoms with Gasteiger partial charge in [0, 0.05) is 61.3 Å². The molecule has 0 atom stereocenters. The van der Waals surface area contributed by atoms with Gasteiger partial charge in [-0.3, -0.25) is 33.8 Å². The van der Waals surface area contributed by atoms with E-state index in [-0.39, 0.29) is 73.0 Å². The third-order valence-corrected chi connectivity index (χ3v) is 12.7. The van der Waals surface area contributed by atoms with E-state index >= 15 is 0 Å². The van der Waals surface area contributed by atoms with E-state index in [0.29, 0.717) is 0 Å². The number of hydrogen-bond acceptors (Lipinski definition) is 13. The number of carbonyl (C=O) groups is 4. The van der Waals surface area contributed by atoms with Crippen molar-refractivity contribution in [2.75, 3.05) is 37.7 Å². The van der Waals surface area contributed by atoms with Gasteiger partial charge in [-0.15, -0.1) is 0 Å². The summed E-state index contributed by atoms with van der Waals surface area (Å²) in [6.07, 6.45) is 2.49. The van der Waals surface area contributed by atoms with Crippen LogP contribution in [-0.2, 0) is 44.6 Å². The van der Waals surface area contributed by atoms with Crippen LogP contribution in [0.15, 0.2) is 74.9 Å². The Bertz CT molecular complexity index is 2660. The second-order valence-corrected chi connectivity index (χ2v) is 17.7. The van der Waals surface area contributed by atoms with Crippen molar-refractivity contribution in [1.82, 2.24) is 14.5 Å². The molecule has 0 saturated heterocycles. The topological polar surface area (TPSA) is 313 Å². The number of nitrogens with two attached hydrogens (primary N) is 1. The van der Waals surface area contributed by atoms with E-state index < -0.39 is 105 Å². The third kappa shape index (κ3) is 9.55. The molecule has 22 heteroatoms. The molecule has 2 heterocycles. The van der Waals surface area contributed by atoms with Gasteiger partial charge in [-0.05, 0) is 55.2 Å². The molecule has 7 N–H and O–H groups in total. The summed E-state index contributed by atoms with van der Waals surface area (Å²) in [6, 6.07) is 10.4. The SMILES string of the molecule is N=c1ccc2c(-c3ccccc3C(=O)O)c3ccc(N)c(S(=O)(=O)O)c3oc-2c1S(=O)(=O)N(CCCCCC(=O)NCCN1C(=O)C=CC1=O)CCCS(=O)(=O)O. The van der Waals surface area contributed by atoms with E-state index in [1.165, 1.54) is 36.4 Å². The number of imide groups is 1. The molecule has 0 aromatic heterocycles. The van der Waals surface area contributed by atoms with Crippen molar-refractivity contribution < 1.29 is 63.1 Å². The van der Waals surface area contributed by atoms with Crippen LogP contribution in [0.2, 0.25) is 0 Å². The van der Waals surface area contributed by atoms with E-state index in [1.54, 1.807) is 0 Å². The number of carbonyl (C=O) groups excluding carboxylic acids is 3. The fourth-order valence-electron chi connectivity index (χ4n) is 6.39. The van der Waals surface area contributed by atoms with Crippen LogP contribution in [0.25, 0.3) is 33.4 Å². The van der Waals surface area contributed by atoms with Crippen molar-refractivity contribution in [2.45, 2.75) is 41.9 Å². The van der Waals surface area contributed by atoms with Gasteiger partial charge in [-0.25, -0.2) is 13.2 Å². The number of benzene rings is 3. The molecule has 0 saturated carbocycles. The Morgan fingerprint density at radius 1 is 0.842 bits per heavy atom. The Labute approximate surface area is 326 Å². The molecule has 3 aliphatic rings. The molecular formula is C35H37N5O14S3. The van der Waals surface area contributed by atoms with Gasteiger partial charge in [0.05, 0.1) is 22.4 Å². The lowest BCUT2D eigenvalue weighted by Crippen LogP contribution is -2.38. The van der Waals surface area contributed by atoms with E-state index in [9.17, 15) is 58.6 Å². The van der Waals surface area contributed by atoms with Gasteiger partial charge in [0.15, 0.2) is 21.1 Å². The number of carboxylic acid groups (broad SMARTS) is 1. The number of anilines is 1. The van der Waals surface area contributed by atoms with Crippen LogP contribution < -0.4 is 16.4 Å². The van der Waals surface area contributed by atoms with E-state index in [2.05, 4.69) is 5.32 Å². The van der Waals surface area contributed by atoms with Crippen molar-refractivity contribution in [3.63, 3.8) is 0 Å². The van der Waals surface area contributed by atoms with Gasteiger partial charge in [0.2, 0.25) is 15.9 Å². The summed E-state index contributed by atoms with van der Waals surface area (Å²) < 4.78 is 104. The number of fused-ring (bicyclic) bond motifs is 2. The molecule has 19 nitrogen and oxygen atoms in total. The highest BCUT2D eigenvalue weighted by molar-refractivity contribution is 7.89. The maximum atomic E-state index is 14.6. The standard InChI is InChI=1S/C35H37N5O14S3/c36-25-12-10-23-30(21-7-3-4-8-22(21)35(44)45)24-11-13-26(37)34(57(51,52)53)32(24)54-31(23)33(25)56(49,50)39(18-6-20-55(46,47)48)17-5-1-2-9-27(41)38-16-19-40-28(42)14-15-29(40)43/h3-4,7-8,10-15,36H,1-2,5-6,9,16-20,37H2,(H,38,41)(H,44,45)(H,46,47,48)(H,51,52,53). The molecule has 5 rings (SSSR count). The molecule has 57 heavy (non-hydrogen) atoms.